The summed E-state index contributed by atoms with van der Waals surface area (Å²) in [4.78, 5) is 0. The van der Waals surface area contributed by atoms with E-state index in [9.17, 15) is 0 Å². The highest BCUT2D eigenvalue weighted by molar-refractivity contribution is 7.41. The van der Waals surface area contributed by atoms with E-state index in [4.69, 9.17) is 41.8 Å². The Morgan fingerprint density at radius 2 is 1.91 bits per heavy atom. The van der Waals surface area contributed by atoms with Gasteiger partial charge in [-0.3, -0.25) is 0 Å². The summed E-state index contributed by atoms with van der Waals surface area (Å²) in [6.45, 7) is 4.18. The van der Waals surface area contributed by atoms with E-state index in [2.05, 4.69) is 0 Å². The molecule has 0 aliphatic heterocycles. The lowest BCUT2D eigenvalue weighted by molar-refractivity contribution is 0.293. The Balaban J connectivity index is 3.70. The van der Waals surface area contributed by atoms with Crippen molar-refractivity contribution < 1.29 is 8.54 Å². The maximum atomic E-state index is 5.75. The Hall–Kier alpha value is 1.22. The maximum absolute atomic E-state index is 5.75. The number of hydrogen-bond donors (Lipinski definition) is 0. The number of hydrogen-bond acceptors (Lipinski definition) is 2. The van der Waals surface area contributed by atoms with Crippen LogP contribution in [-0.2, 0) is 8.54 Å². The van der Waals surface area contributed by atoms with E-state index in [0.717, 1.165) is 6.04 Å². The van der Waals surface area contributed by atoms with Crippen molar-refractivity contribution >= 4 is 48.8 Å². The molecule has 0 heterocycles. The summed E-state index contributed by atoms with van der Waals surface area (Å²) >= 11 is 17.2. The zero-order chi connectivity index (χ0) is 8.91. The Morgan fingerprint density at radius 3 is 2.27 bits per heavy atom. The van der Waals surface area contributed by atoms with Crippen LogP contribution in [0, 0.1) is 0 Å². The lowest BCUT2D eigenvalue weighted by Gasteiger charge is -2.17. The van der Waals surface area contributed by atoms with E-state index in [1.54, 1.807) is 0 Å². The fourth-order valence-electron chi connectivity index (χ4n) is 0.399. The van der Waals surface area contributed by atoms with Gasteiger partial charge in [-0.15, -0.1) is 11.1 Å². The first-order chi connectivity index (χ1) is 5.02. The molecule has 0 aromatic heterocycles. The van der Waals surface area contributed by atoms with Crippen molar-refractivity contribution in [2.75, 3.05) is 6.61 Å². The SMILES string of the molecule is CCO[Si](Cl)(Cl)O[Si](Cl)CC. The minimum atomic E-state index is -2.93. The second kappa shape index (κ2) is 5.80. The second-order valence-corrected chi connectivity index (χ2v) is 9.99. The summed E-state index contributed by atoms with van der Waals surface area (Å²) < 4.78 is 10.1. The molecule has 0 aromatic carbocycles. The molecule has 0 saturated heterocycles. The van der Waals surface area contributed by atoms with E-state index in [1.807, 2.05) is 13.8 Å². The highest BCUT2D eigenvalue weighted by Crippen LogP contribution is 2.20. The van der Waals surface area contributed by atoms with Crippen LogP contribution >= 0.6 is 33.2 Å². The molecule has 0 aromatic rings. The highest BCUT2D eigenvalue weighted by Gasteiger charge is 2.36. The minimum absolute atomic E-state index is 0.453. The summed E-state index contributed by atoms with van der Waals surface area (Å²) in [7, 11) is -4.29. The monoisotopic (exact) mass is 251 g/mol. The first-order valence-electron chi connectivity index (χ1n) is 3.24. The maximum Gasteiger partial charge on any atom is 0.541 e. The third-order valence-electron chi connectivity index (χ3n) is 0.820. The van der Waals surface area contributed by atoms with Crippen molar-refractivity contribution in [3.63, 3.8) is 0 Å². The van der Waals surface area contributed by atoms with Crippen LogP contribution < -0.4 is 0 Å². The molecule has 0 amide bonds. The van der Waals surface area contributed by atoms with Gasteiger partial charge in [0.25, 0.3) is 0 Å². The molecule has 0 fully saturated rings. The van der Waals surface area contributed by atoms with Gasteiger partial charge in [-0.1, -0.05) is 29.1 Å². The highest BCUT2D eigenvalue weighted by atomic mass is 35.7. The fourth-order valence-corrected chi connectivity index (χ4v) is 6.60. The van der Waals surface area contributed by atoms with E-state index >= 15 is 0 Å². The van der Waals surface area contributed by atoms with Gasteiger partial charge in [0.2, 0.25) is 0 Å². The first kappa shape index (κ1) is 12.2. The number of rotatable bonds is 5. The van der Waals surface area contributed by atoms with Crippen LogP contribution in [0.3, 0.4) is 0 Å². The predicted molar refractivity (Wildman–Crippen MR) is 52.3 cm³/mol. The average Bonchev–Trinajstić information content (AvgIpc) is 1.86. The third-order valence-corrected chi connectivity index (χ3v) is 7.38. The Labute approximate surface area is 83.8 Å². The van der Waals surface area contributed by atoms with Crippen LogP contribution in [0.25, 0.3) is 0 Å². The van der Waals surface area contributed by atoms with Crippen molar-refractivity contribution in [1.82, 2.24) is 0 Å². The van der Waals surface area contributed by atoms with Crippen LogP contribution in [0.5, 0.6) is 0 Å². The van der Waals surface area contributed by atoms with E-state index in [-0.39, 0.29) is 0 Å². The average molecular weight is 253 g/mol. The quantitative estimate of drug-likeness (QED) is 0.553. The van der Waals surface area contributed by atoms with Gasteiger partial charge in [0.05, 0.1) is 0 Å². The largest absolute Gasteiger partial charge is 0.541 e. The molecule has 0 N–H and O–H groups in total. The molecule has 0 spiro atoms. The standard InChI is InChI=1S/C4H10Cl3O2Si2/c1-3-8-11(6,7)9-10(5)4-2/h3-4H2,1-2H3. The van der Waals surface area contributed by atoms with E-state index in [0.29, 0.717) is 6.61 Å². The van der Waals surface area contributed by atoms with Crippen molar-refractivity contribution in [2.45, 2.75) is 19.9 Å². The normalized spacial score (nSPS) is 12.5. The molecule has 0 unspecified atom stereocenters. The van der Waals surface area contributed by atoms with Crippen molar-refractivity contribution in [3.05, 3.63) is 0 Å². The van der Waals surface area contributed by atoms with Crippen LogP contribution in [0.1, 0.15) is 13.8 Å². The Morgan fingerprint density at radius 1 is 1.36 bits per heavy atom. The molecule has 0 aliphatic carbocycles. The molecule has 0 aliphatic rings. The minimum Gasteiger partial charge on any atom is -0.400 e. The summed E-state index contributed by atoms with van der Waals surface area (Å²) in [5, 5.41) is 0. The lowest BCUT2D eigenvalue weighted by atomic mass is 10.9. The smallest absolute Gasteiger partial charge is 0.400 e. The first-order valence-corrected chi connectivity index (χ1v) is 9.70. The second-order valence-electron chi connectivity index (χ2n) is 1.71. The lowest BCUT2D eigenvalue weighted by Crippen LogP contribution is -2.34. The zero-order valence-corrected chi connectivity index (χ0v) is 10.6. The molecule has 0 rings (SSSR count). The van der Waals surface area contributed by atoms with Crippen molar-refractivity contribution in [2.24, 2.45) is 0 Å². The summed E-state index contributed by atoms with van der Waals surface area (Å²) in [5.41, 5.74) is 0. The van der Waals surface area contributed by atoms with Gasteiger partial charge in [0.15, 0.2) is 0 Å². The third kappa shape index (κ3) is 6.39. The van der Waals surface area contributed by atoms with Crippen molar-refractivity contribution in [1.29, 1.82) is 0 Å². The van der Waals surface area contributed by atoms with E-state index < -0.39 is 15.5 Å². The van der Waals surface area contributed by atoms with Gasteiger partial charge in [-0.25, -0.2) is 0 Å². The Bertz CT molecular complexity index is 114. The molecule has 67 valence electrons. The van der Waals surface area contributed by atoms with Crippen molar-refractivity contribution in [3.8, 4) is 0 Å². The molecule has 11 heavy (non-hydrogen) atoms. The fraction of sp³-hybridized carbons (Fsp3) is 1.00. The summed E-state index contributed by atoms with van der Waals surface area (Å²) in [6.07, 6.45) is 0. The van der Waals surface area contributed by atoms with Crippen LogP contribution in [0.4, 0.5) is 0 Å². The summed E-state index contributed by atoms with van der Waals surface area (Å²) in [6, 6.07) is 0.757. The molecule has 0 bridgehead atoms. The topological polar surface area (TPSA) is 18.5 Å². The van der Waals surface area contributed by atoms with Gasteiger partial charge >= 0.3 is 15.5 Å². The Kier molecular flexibility index (Phi) is 6.44. The molecular weight excluding hydrogens is 243 g/mol. The number of halogens is 3. The van der Waals surface area contributed by atoms with Crippen LogP contribution in [-0.4, -0.2) is 22.1 Å². The molecule has 7 heteroatoms. The zero-order valence-electron chi connectivity index (χ0n) is 6.36. The molecule has 1 radical (unpaired) electrons. The van der Waals surface area contributed by atoms with Crippen LogP contribution in [0.2, 0.25) is 6.04 Å². The van der Waals surface area contributed by atoms with Gasteiger partial charge in [0, 0.05) is 6.61 Å². The molecule has 0 atom stereocenters. The molecule has 2 nitrogen and oxygen atoms in total. The van der Waals surface area contributed by atoms with Gasteiger partial charge in [-0.2, -0.15) is 0 Å². The summed E-state index contributed by atoms with van der Waals surface area (Å²) in [5.74, 6) is 0. The van der Waals surface area contributed by atoms with Crippen LogP contribution in [0.15, 0.2) is 0 Å². The van der Waals surface area contributed by atoms with Gasteiger partial charge < -0.3 is 8.54 Å². The van der Waals surface area contributed by atoms with Gasteiger partial charge in [-0.05, 0) is 13.0 Å². The van der Waals surface area contributed by atoms with Gasteiger partial charge in [0.1, 0.15) is 0 Å². The molecular formula is C4H10Cl3O2Si2. The predicted octanol–water partition coefficient (Wildman–Crippen LogP) is 2.70. The molecule has 0 saturated carbocycles. The van der Waals surface area contributed by atoms with E-state index in [1.165, 1.54) is 0 Å².